The maximum absolute atomic E-state index is 11.8. The standard InChI is InChI=1S/C17H18BrNO2/c1-13-12-14(9-10-16(13)18)19-17(20)8-5-11-21-15-6-3-2-4-7-15/h2-4,6-7,9-10,12H,5,8,11H2,1H3,(H,19,20). The van der Waals surface area contributed by atoms with Gasteiger partial charge in [-0.15, -0.1) is 0 Å². The van der Waals surface area contributed by atoms with Crippen molar-refractivity contribution >= 4 is 27.5 Å². The molecule has 0 aromatic heterocycles. The third kappa shape index (κ3) is 5.23. The van der Waals surface area contributed by atoms with Gasteiger partial charge in [-0.2, -0.15) is 0 Å². The van der Waals surface area contributed by atoms with E-state index in [0.29, 0.717) is 19.4 Å². The van der Waals surface area contributed by atoms with Gasteiger partial charge in [0.1, 0.15) is 5.75 Å². The highest BCUT2D eigenvalue weighted by molar-refractivity contribution is 9.10. The van der Waals surface area contributed by atoms with E-state index in [1.165, 1.54) is 0 Å². The van der Waals surface area contributed by atoms with Crippen LogP contribution in [0.3, 0.4) is 0 Å². The first kappa shape index (κ1) is 15.6. The van der Waals surface area contributed by atoms with Gasteiger partial charge in [0, 0.05) is 16.6 Å². The van der Waals surface area contributed by atoms with E-state index in [4.69, 9.17) is 4.74 Å². The van der Waals surface area contributed by atoms with Gasteiger partial charge in [-0.3, -0.25) is 4.79 Å². The molecule has 0 saturated carbocycles. The highest BCUT2D eigenvalue weighted by Crippen LogP contribution is 2.20. The van der Waals surface area contributed by atoms with Gasteiger partial charge in [-0.25, -0.2) is 0 Å². The first-order chi connectivity index (χ1) is 10.1. The van der Waals surface area contributed by atoms with Crippen molar-refractivity contribution in [2.45, 2.75) is 19.8 Å². The number of carbonyl (C=O) groups excluding carboxylic acids is 1. The van der Waals surface area contributed by atoms with Crippen LogP contribution in [0.5, 0.6) is 5.75 Å². The second-order valence-electron chi connectivity index (χ2n) is 4.78. The second-order valence-corrected chi connectivity index (χ2v) is 5.63. The first-order valence-corrected chi connectivity index (χ1v) is 7.68. The molecule has 1 amide bonds. The molecule has 0 heterocycles. The first-order valence-electron chi connectivity index (χ1n) is 6.89. The normalized spacial score (nSPS) is 10.2. The van der Waals surface area contributed by atoms with Crippen LogP contribution in [0.2, 0.25) is 0 Å². The molecule has 110 valence electrons. The molecule has 0 radical (unpaired) electrons. The van der Waals surface area contributed by atoms with Gasteiger partial charge in [0.15, 0.2) is 0 Å². The lowest BCUT2D eigenvalue weighted by Gasteiger charge is -2.08. The number of carbonyl (C=O) groups is 1. The van der Waals surface area contributed by atoms with E-state index in [0.717, 1.165) is 21.5 Å². The van der Waals surface area contributed by atoms with Crippen LogP contribution < -0.4 is 10.1 Å². The van der Waals surface area contributed by atoms with Crippen molar-refractivity contribution in [2.75, 3.05) is 11.9 Å². The second kappa shape index (κ2) is 7.84. The fraction of sp³-hybridized carbons (Fsp3) is 0.235. The van der Waals surface area contributed by atoms with Crippen LogP contribution in [-0.4, -0.2) is 12.5 Å². The number of aryl methyl sites for hydroxylation is 1. The Kier molecular flexibility index (Phi) is 5.81. The third-order valence-electron chi connectivity index (χ3n) is 3.00. The van der Waals surface area contributed by atoms with Crippen molar-refractivity contribution in [1.29, 1.82) is 0 Å². The Bertz CT molecular complexity index is 599. The maximum atomic E-state index is 11.8. The average Bonchev–Trinajstić information content (AvgIpc) is 2.49. The van der Waals surface area contributed by atoms with Crippen molar-refractivity contribution in [3.8, 4) is 5.75 Å². The largest absolute Gasteiger partial charge is 0.494 e. The Morgan fingerprint density at radius 3 is 2.67 bits per heavy atom. The zero-order valence-corrected chi connectivity index (χ0v) is 13.5. The van der Waals surface area contributed by atoms with E-state index >= 15 is 0 Å². The van der Waals surface area contributed by atoms with Crippen molar-refractivity contribution < 1.29 is 9.53 Å². The minimum Gasteiger partial charge on any atom is -0.494 e. The summed E-state index contributed by atoms with van der Waals surface area (Å²) in [6.45, 7) is 2.53. The van der Waals surface area contributed by atoms with E-state index in [-0.39, 0.29) is 5.91 Å². The Morgan fingerprint density at radius 2 is 1.95 bits per heavy atom. The molecule has 0 bridgehead atoms. The highest BCUT2D eigenvalue weighted by atomic mass is 79.9. The summed E-state index contributed by atoms with van der Waals surface area (Å²) < 4.78 is 6.59. The molecule has 1 N–H and O–H groups in total. The minimum absolute atomic E-state index is 0.00776. The zero-order chi connectivity index (χ0) is 15.1. The molecule has 0 fully saturated rings. The summed E-state index contributed by atoms with van der Waals surface area (Å²) in [5.74, 6) is 0.842. The van der Waals surface area contributed by atoms with E-state index in [1.807, 2.05) is 55.5 Å². The SMILES string of the molecule is Cc1cc(NC(=O)CCCOc2ccccc2)ccc1Br. The van der Waals surface area contributed by atoms with Gasteiger partial charge in [0.25, 0.3) is 0 Å². The Hall–Kier alpha value is -1.81. The lowest BCUT2D eigenvalue weighted by Crippen LogP contribution is -2.12. The van der Waals surface area contributed by atoms with E-state index in [2.05, 4.69) is 21.2 Å². The summed E-state index contributed by atoms with van der Waals surface area (Å²) >= 11 is 3.44. The number of hydrogen-bond acceptors (Lipinski definition) is 2. The van der Waals surface area contributed by atoms with Crippen LogP contribution in [0.1, 0.15) is 18.4 Å². The number of ether oxygens (including phenoxy) is 1. The van der Waals surface area contributed by atoms with Crippen LogP contribution in [0, 0.1) is 6.92 Å². The van der Waals surface area contributed by atoms with Crippen LogP contribution in [-0.2, 0) is 4.79 Å². The molecule has 0 aliphatic heterocycles. The molecule has 0 unspecified atom stereocenters. The molecule has 0 saturated heterocycles. The summed E-state index contributed by atoms with van der Waals surface area (Å²) in [7, 11) is 0. The monoisotopic (exact) mass is 347 g/mol. The molecule has 0 atom stereocenters. The average molecular weight is 348 g/mol. The quantitative estimate of drug-likeness (QED) is 0.778. The molecule has 21 heavy (non-hydrogen) atoms. The van der Waals surface area contributed by atoms with E-state index in [1.54, 1.807) is 0 Å². The smallest absolute Gasteiger partial charge is 0.224 e. The predicted molar refractivity (Wildman–Crippen MR) is 88.7 cm³/mol. The third-order valence-corrected chi connectivity index (χ3v) is 3.89. The molecule has 2 aromatic carbocycles. The molecular formula is C17H18BrNO2. The predicted octanol–water partition coefficient (Wildman–Crippen LogP) is 4.56. The van der Waals surface area contributed by atoms with E-state index < -0.39 is 0 Å². The van der Waals surface area contributed by atoms with Crippen molar-refractivity contribution in [3.63, 3.8) is 0 Å². The lowest BCUT2D eigenvalue weighted by molar-refractivity contribution is -0.116. The summed E-state index contributed by atoms with van der Waals surface area (Å²) in [5.41, 5.74) is 1.92. The number of anilines is 1. The van der Waals surface area contributed by atoms with Gasteiger partial charge in [-0.1, -0.05) is 34.1 Å². The summed E-state index contributed by atoms with van der Waals surface area (Å²) in [6.07, 6.45) is 1.14. The lowest BCUT2D eigenvalue weighted by atomic mass is 10.2. The van der Waals surface area contributed by atoms with Crippen LogP contribution >= 0.6 is 15.9 Å². The van der Waals surface area contributed by atoms with Crippen molar-refractivity contribution in [2.24, 2.45) is 0 Å². The maximum Gasteiger partial charge on any atom is 0.224 e. The molecule has 3 nitrogen and oxygen atoms in total. The zero-order valence-electron chi connectivity index (χ0n) is 11.9. The number of amides is 1. The Balaban J connectivity index is 1.71. The fourth-order valence-corrected chi connectivity index (χ4v) is 2.13. The van der Waals surface area contributed by atoms with E-state index in [9.17, 15) is 4.79 Å². The minimum atomic E-state index is 0.00776. The highest BCUT2D eigenvalue weighted by Gasteiger charge is 2.04. The topological polar surface area (TPSA) is 38.3 Å². The number of hydrogen-bond donors (Lipinski definition) is 1. The van der Waals surface area contributed by atoms with Gasteiger partial charge in [-0.05, 0) is 49.2 Å². The number of rotatable bonds is 6. The van der Waals surface area contributed by atoms with Crippen LogP contribution in [0.15, 0.2) is 53.0 Å². The number of halogens is 1. The van der Waals surface area contributed by atoms with Crippen molar-refractivity contribution in [1.82, 2.24) is 0 Å². The molecular weight excluding hydrogens is 330 g/mol. The molecule has 0 spiro atoms. The molecule has 4 heteroatoms. The Labute approximate surface area is 133 Å². The van der Waals surface area contributed by atoms with Crippen LogP contribution in [0.4, 0.5) is 5.69 Å². The molecule has 2 aromatic rings. The molecule has 2 rings (SSSR count). The van der Waals surface area contributed by atoms with Crippen molar-refractivity contribution in [3.05, 3.63) is 58.6 Å². The summed E-state index contributed by atoms with van der Waals surface area (Å²) in [5, 5.41) is 2.89. The number of nitrogens with one attached hydrogen (secondary N) is 1. The molecule has 0 aliphatic rings. The van der Waals surface area contributed by atoms with Gasteiger partial charge in [0.05, 0.1) is 6.61 Å². The van der Waals surface area contributed by atoms with Gasteiger partial charge < -0.3 is 10.1 Å². The summed E-state index contributed by atoms with van der Waals surface area (Å²) in [6, 6.07) is 15.4. The number of benzene rings is 2. The van der Waals surface area contributed by atoms with Gasteiger partial charge >= 0.3 is 0 Å². The van der Waals surface area contributed by atoms with Crippen LogP contribution in [0.25, 0.3) is 0 Å². The summed E-state index contributed by atoms with van der Waals surface area (Å²) in [4.78, 5) is 11.8. The van der Waals surface area contributed by atoms with Gasteiger partial charge in [0.2, 0.25) is 5.91 Å². The molecule has 0 aliphatic carbocycles. The fourth-order valence-electron chi connectivity index (χ4n) is 1.89. The Morgan fingerprint density at radius 1 is 1.19 bits per heavy atom. The number of para-hydroxylation sites is 1.